The van der Waals surface area contributed by atoms with E-state index in [2.05, 4.69) is 6.92 Å². The molecule has 1 aliphatic rings. The highest BCUT2D eigenvalue weighted by Gasteiger charge is 2.48. The molecule has 0 aliphatic carbocycles. The number of anilines is 1. The van der Waals surface area contributed by atoms with Crippen molar-refractivity contribution in [3.8, 4) is 5.75 Å². The van der Waals surface area contributed by atoms with Crippen molar-refractivity contribution in [2.24, 2.45) is 5.92 Å². The Morgan fingerprint density at radius 2 is 1.81 bits per heavy atom. The molecule has 1 amide bonds. The highest BCUT2D eigenvalue weighted by molar-refractivity contribution is 6.03. The van der Waals surface area contributed by atoms with E-state index in [0.29, 0.717) is 25.1 Å². The third-order valence-electron chi connectivity index (χ3n) is 4.90. The fourth-order valence-electron chi connectivity index (χ4n) is 3.44. The second-order valence-electron chi connectivity index (χ2n) is 6.75. The molecule has 0 spiro atoms. The van der Waals surface area contributed by atoms with Crippen molar-refractivity contribution in [3.63, 3.8) is 0 Å². The molecule has 0 unspecified atom stereocenters. The van der Waals surface area contributed by atoms with Gasteiger partial charge in [0.05, 0.1) is 18.6 Å². The zero-order valence-electron chi connectivity index (χ0n) is 15.4. The molecule has 27 heavy (non-hydrogen) atoms. The summed E-state index contributed by atoms with van der Waals surface area (Å²) in [5.74, 6) is 0.189. The lowest BCUT2D eigenvalue weighted by Gasteiger charge is -2.47. The average Bonchev–Trinajstić information content (AvgIpc) is 2.68. The van der Waals surface area contributed by atoms with Gasteiger partial charge in [0.15, 0.2) is 0 Å². The van der Waals surface area contributed by atoms with Crippen molar-refractivity contribution in [3.05, 3.63) is 59.9 Å². The summed E-state index contributed by atoms with van der Waals surface area (Å²) in [6.07, 6.45) is 3.79. The fourth-order valence-corrected chi connectivity index (χ4v) is 3.44. The molecule has 3 rings (SSSR count). The Bertz CT molecular complexity index is 773. The average molecular weight is 369 g/mol. The Hall–Kier alpha value is -2.69. The topological polar surface area (TPSA) is 46.6 Å². The summed E-state index contributed by atoms with van der Waals surface area (Å²) in [5.41, 5.74) is 1.65. The number of amides is 1. The number of hydrogen-bond donors (Lipinski definition) is 0. The van der Waals surface area contributed by atoms with E-state index < -0.39 is 0 Å². The summed E-state index contributed by atoms with van der Waals surface area (Å²) in [7, 11) is 0. The molecule has 0 radical (unpaired) electrons. The summed E-state index contributed by atoms with van der Waals surface area (Å²) < 4.78 is 18.9. The monoisotopic (exact) mass is 369 g/mol. The van der Waals surface area contributed by atoms with Crippen LogP contribution in [-0.4, -0.2) is 18.8 Å². The lowest BCUT2D eigenvalue weighted by Crippen LogP contribution is -2.55. The number of rotatable bonds is 9. The highest BCUT2D eigenvalue weighted by Crippen LogP contribution is 2.45. The summed E-state index contributed by atoms with van der Waals surface area (Å²) in [6.45, 7) is 2.80. The normalized spacial score (nSPS) is 18.9. The molecular weight excluding hydrogens is 345 g/mol. The maximum absolute atomic E-state index is 13.2. The molecule has 0 aromatic heterocycles. The SMILES string of the molecule is CCCCOc1ccc([C@@H]2[C@@H](CCC=O)C(=O)N2c2ccc(F)cc2)cc1. The molecule has 1 aliphatic heterocycles. The maximum Gasteiger partial charge on any atom is 0.233 e. The first-order valence-corrected chi connectivity index (χ1v) is 9.40. The first kappa shape index (κ1) is 19.1. The van der Waals surface area contributed by atoms with Crippen LogP contribution in [0.15, 0.2) is 48.5 Å². The van der Waals surface area contributed by atoms with Crippen LogP contribution in [-0.2, 0) is 9.59 Å². The van der Waals surface area contributed by atoms with Crippen molar-refractivity contribution < 1.29 is 18.7 Å². The van der Waals surface area contributed by atoms with Gasteiger partial charge in [-0.25, -0.2) is 4.39 Å². The third kappa shape index (κ3) is 4.18. The number of carbonyl (C=O) groups excluding carboxylic acids is 2. The van der Waals surface area contributed by atoms with Crippen molar-refractivity contribution in [1.82, 2.24) is 0 Å². The Morgan fingerprint density at radius 1 is 1.11 bits per heavy atom. The van der Waals surface area contributed by atoms with E-state index in [0.717, 1.165) is 30.4 Å². The molecule has 1 saturated heterocycles. The van der Waals surface area contributed by atoms with E-state index in [9.17, 15) is 14.0 Å². The van der Waals surface area contributed by atoms with E-state index in [4.69, 9.17) is 4.74 Å². The summed E-state index contributed by atoms with van der Waals surface area (Å²) >= 11 is 0. The van der Waals surface area contributed by atoms with Gasteiger partial charge in [-0.3, -0.25) is 4.79 Å². The van der Waals surface area contributed by atoms with E-state index in [1.807, 2.05) is 24.3 Å². The highest BCUT2D eigenvalue weighted by atomic mass is 19.1. The molecule has 0 bridgehead atoms. The van der Waals surface area contributed by atoms with Crippen LogP contribution in [0.4, 0.5) is 10.1 Å². The van der Waals surface area contributed by atoms with Gasteiger partial charge in [-0.2, -0.15) is 0 Å². The van der Waals surface area contributed by atoms with Gasteiger partial charge in [-0.05, 0) is 54.8 Å². The van der Waals surface area contributed by atoms with Crippen molar-refractivity contribution in [2.45, 2.75) is 38.6 Å². The Morgan fingerprint density at radius 3 is 2.44 bits per heavy atom. The van der Waals surface area contributed by atoms with Gasteiger partial charge in [0, 0.05) is 12.1 Å². The number of halogens is 1. The molecule has 1 heterocycles. The predicted octanol–water partition coefficient (Wildman–Crippen LogP) is 4.69. The molecule has 4 nitrogen and oxygen atoms in total. The van der Waals surface area contributed by atoms with Crippen LogP contribution in [0.1, 0.15) is 44.2 Å². The second kappa shape index (κ2) is 8.80. The largest absolute Gasteiger partial charge is 0.494 e. The Labute approximate surface area is 158 Å². The number of ether oxygens (including phenoxy) is 1. The van der Waals surface area contributed by atoms with Crippen LogP contribution >= 0.6 is 0 Å². The molecule has 0 saturated carbocycles. The van der Waals surface area contributed by atoms with Gasteiger partial charge < -0.3 is 14.4 Å². The zero-order chi connectivity index (χ0) is 19.2. The Balaban J connectivity index is 1.81. The van der Waals surface area contributed by atoms with Gasteiger partial charge >= 0.3 is 0 Å². The first-order chi connectivity index (χ1) is 13.2. The van der Waals surface area contributed by atoms with E-state index in [1.165, 1.54) is 12.1 Å². The van der Waals surface area contributed by atoms with Gasteiger partial charge in [-0.1, -0.05) is 25.5 Å². The van der Waals surface area contributed by atoms with E-state index in [1.54, 1.807) is 17.0 Å². The zero-order valence-corrected chi connectivity index (χ0v) is 15.4. The van der Waals surface area contributed by atoms with Gasteiger partial charge in [-0.15, -0.1) is 0 Å². The van der Waals surface area contributed by atoms with E-state index in [-0.39, 0.29) is 23.7 Å². The minimum Gasteiger partial charge on any atom is -0.494 e. The smallest absolute Gasteiger partial charge is 0.233 e. The number of benzene rings is 2. The molecule has 5 heteroatoms. The van der Waals surface area contributed by atoms with Crippen LogP contribution in [0.5, 0.6) is 5.75 Å². The van der Waals surface area contributed by atoms with Crippen molar-refractivity contribution in [1.29, 1.82) is 0 Å². The third-order valence-corrected chi connectivity index (χ3v) is 4.90. The summed E-state index contributed by atoms with van der Waals surface area (Å²) in [4.78, 5) is 25.1. The number of unbranched alkanes of at least 4 members (excludes halogenated alkanes) is 1. The first-order valence-electron chi connectivity index (χ1n) is 9.40. The predicted molar refractivity (Wildman–Crippen MR) is 102 cm³/mol. The van der Waals surface area contributed by atoms with Crippen LogP contribution < -0.4 is 9.64 Å². The molecule has 2 atom stereocenters. The van der Waals surface area contributed by atoms with Gasteiger partial charge in [0.1, 0.15) is 17.9 Å². The number of aldehydes is 1. The molecular formula is C22H24FNO3. The molecule has 1 fully saturated rings. The summed E-state index contributed by atoms with van der Waals surface area (Å²) in [6, 6.07) is 13.5. The molecule has 0 N–H and O–H groups in total. The maximum atomic E-state index is 13.2. The minimum absolute atomic E-state index is 0.0308. The van der Waals surface area contributed by atoms with Crippen LogP contribution in [0.2, 0.25) is 0 Å². The Kier molecular flexibility index (Phi) is 6.22. The molecule has 2 aromatic carbocycles. The van der Waals surface area contributed by atoms with Crippen molar-refractivity contribution in [2.75, 3.05) is 11.5 Å². The minimum atomic E-state index is -0.339. The van der Waals surface area contributed by atoms with Crippen LogP contribution in [0.25, 0.3) is 0 Å². The summed E-state index contributed by atoms with van der Waals surface area (Å²) in [5, 5.41) is 0. The van der Waals surface area contributed by atoms with Crippen molar-refractivity contribution >= 4 is 17.9 Å². The van der Waals surface area contributed by atoms with Gasteiger partial charge in [0.25, 0.3) is 0 Å². The van der Waals surface area contributed by atoms with E-state index >= 15 is 0 Å². The lowest BCUT2D eigenvalue weighted by atomic mass is 9.79. The number of nitrogens with zero attached hydrogens (tertiary/aromatic N) is 1. The number of carbonyl (C=O) groups is 2. The van der Waals surface area contributed by atoms with Crippen LogP contribution in [0, 0.1) is 11.7 Å². The van der Waals surface area contributed by atoms with Crippen LogP contribution in [0.3, 0.4) is 0 Å². The number of hydrogen-bond acceptors (Lipinski definition) is 3. The molecule has 142 valence electrons. The standard InChI is InChI=1S/C22H24FNO3/c1-2-3-15-27-19-12-6-16(7-13-19)21-20(5-4-14-25)22(26)24(21)18-10-8-17(23)9-11-18/h6-14,20-21H,2-5,15H2,1H3/t20-,21-/m1/s1. The quantitative estimate of drug-likeness (QED) is 0.366. The second-order valence-corrected chi connectivity index (χ2v) is 6.75. The lowest BCUT2D eigenvalue weighted by molar-refractivity contribution is -0.130. The fraction of sp³-hybridized carbons (Fsp3) is 0.364. The van der Waals surface area contributed by atoms with Gasteiger partial charge in [0.2, 0.25) is 5.91 Å². The number of β-lactam (4-membered cyclic amide) rings is 1. The molecule has 2 aromatic rings.